The van der Waals surface area contributed by atoms with Gasteiger partial charge in [-0.2, -0.15) is 5.10 Å². The van der Waals surface area contributed by atoms with Crippen LogP contribution >= 0.6 is 0 Å². The van der Waals surface area contributed by atoms with Gasteiger partial charge in [0.15, 0.2) is 0 Å². The van der Waals surface area contributed by atoms with Gasteiger partial charge in [-0.15, -0.1) is 0 Å². The highest BCUT2D eigenvalue weighted by atomic mass is 16.1. The Morgan fingerprint density at radius 1 is 0.759 bits per heavy atom. The Bertz CT molecular complexity index is 1210. The smallest absolute Gasteiger partial charge is 0.275 e. The number of anilines is 2. The van der Waals surface area contributed by atoms with E-state index in [1.807, 2.05) is 79.7 Å². The van der Waals surface area contributed by atoms with E-state index in [9.17, 15) is 4.79 Å². The second-order valence-electron chi connectivity index (χ2n) is 6.94. The van der Waals surface area contributed by atoms with E-state index in [0.29, 0.717) is 28.1 Å². The first-order valence-electron chi connectivity index (χ1n) is 9.44. The monoisotopic (exact) mass is 382 g/mol. The van der Waals surface area contributed by atoms with Crippen molar-refractivity contribution in [3.05, 3.63) is 101 Å². The van der Waals surface area contributed by atoms with E-state index in [4.69, 9.17) is 11.5 Å². The molecule has 0 saturated carbocycles. The van der Waals surface area contributed by atoms with Crippen LogP contribution in [-0.4, -0.2) is 9.78 Å². The van der Waals surface area contributed by atoms with E-state index < -0.39 is 0 Å². The van der Waals surface area contributed by atoms with Crippen LogP contribution in [0.3, 0.4) is 0 Å². The van der Waals surface area contributed by atoms with E-state index in [0.717, 1.165) is 11.1 Å². The van der Waals surface area contributed by atoms with Crippen LogP contribution in [0.15, 0.2) is 89.9 Å². The number of aromatic nitrogens is 2. The van der Waals surface area contributed by atoms with Gasteiger partial charge in [0.25, 0.3) is 5.56 Å². The van der Waals surface area contributed by atoms with Crippen molar-refractivity contribution in [2.24, 2.45) is 0 Å². The molecule has 0 amide bonds. The average Bonchev–Trinajstić information content (AvgIpc) is 2.75. The van der Waals surface area contributed by atoms with Crippen molar-refractivity contribution in [1.82, 2.24) is 9.78 Å². The lowest BCUT2D eigenvalue weighted by molar-refractivity contribution is 0.533. The summed E-state index contributed by atoms with van der Waals surface area (Å²) in [4.78, 5) is 13.6. The number of benzene rings is 3. The molecule has 0 aliphatic heterocycles. The van der Waals surface area contributed by atoms with Crippen LogP contribution in [0.2, 0.25) is 0 Å². The highest BCUT2D eigenvalue weighted by Crippen LogP contribution is 2.35. The third-order valence-electron chi connectivity index (χ3n) is 5.13. The molecule has 1 atom stereocenters. The molecule has 0 radical (unpaired) electrons. The van der Waals surface area contributed by atoms with Crippen LogP contribution in [0.4, 0.5) is 11.4 Å². The molecule has 1 heterocycles. The van der Waals surface area contributed by atoms with Crippen molar-refractivity contribution in [3.8, 4) is 22.3 Å². The predicted octanol–water partition coefficient (Wildman–Crippen LogP) is 4.35. The van der Waals surface area contributed by atoms with Gasteiger partial charge in [0.05, 0.1) is 17.8 Å². The van der Waals surface area contributed by atoms with E-state index in [2.05, 4.69) is 5.10 Å². The van der Waals surface area contributed by atoms with Gasteiger partial charge in [0, 0.05) is 28.1 Å². The number of nitrogens with two attached hydrogens (primary N) is 2. The quantitative estimate of drug-likeness (QED) is 0.514. The summed E-state index contributed by atoms with van der Waals surface area (Å²) in [6.07, 6.45) is 1.70. The first kappa shape index (κ1) is 18.5. The van der Waals surface area contributed by atoms with Crippen LogP contribution in [0.5, 0.6) is 0 Å². The van der Waals surface area contributed by atoms with Gasteiger partial charge in [-0.1, -0.05) is 66.7 Å². The molecular formula is C24H22N4O. The number of nitrogen functional groups attached to an aromatic ring is 2. The van der Waals surface area contributed by atoms with Crippen molar-refractivity contribution in [3.63, 3.8) is 0 Å². The number of hydrogen-bond acceptors (Lipinski definition) is 4. The van der Waals surface area contributed by atoms with Crippen LogP contribution in [0, 0.1) is 0 Å². The molecule has 29 heavy (non-hydrogen) atoms. The SMILES string of the molecule is CC(c1ccccc1)n1ncc(-c2ccccc2N)c(-c2ccccc2N)c1=O. The van der Waals surface area contributed by atoms with Crippen LogP contribution in [0.1, 0.15) is 18.5 Å². The maximum absolute atomic E-state index is 13.6. The number of nitrogens with zero attached hydrogens (tertiary/aromatic N) is 2. The summed E-state index contributed by atoms with van der Waals surface area (Å²) < 4.78 is 1.50. The molecule has 0 fully saturated rings. The third kappa shape index (κ3) is 3.38. The van der Waals surface area contributed by atoms with Gasteiger partial charge in [-0.05, 0) is 24.6 Å². The second kappa shape index (κ2) is 7.64. The fourth-order valence-corrected chi connectivity index (χ4v) is 3.55. The summed E-state index contributed by atoms with van der Waals surface area (Å²) in [6, 6.07) is 24.4. The Morgan fingerprint density at radius 3 is 1.93 bits per heavy atom. The first-order chi connectivity index (χ1) is 14.1. The predicted molar refractivity (Wildman–Crippen MR) is 118 cm³/mol. The fourth-order valence-electron chi connectivity index (χ4n) is 3.55. The molecule has 0 bridgehead atoms. The minimum absolute atomic E-state index is 0.208. The minimum Gasteiger partial charge on any atom is -0.398 e. The van der Waals surface area contributed by atoms with Crippen LogP contribution < -0.4 is 17.0 Å². The summed E-state index contributed by atoms with van der Waals surface area (Å²) in [5.41, 5.74) is 17.0. The number of rotatable bonds is 4. The zero-order valence-corrected chi connectivity index (χ0v) is 16.1. The molecule has 0 spiro atoms. The van der Waals surface area contributed by atoms with Crippen molar-refractivity contribution >= 4 is 11.4 Å². The van der Waals surface area contributed by atoms with Gasteiger partial charge in [-0.3, -0.25) is 4.79 Å². The molecule has 4 aromatic rings. The average molecular weight is 382 g/mol. The fraction of sp³-hybridized carbons (Fsp3) is 0.0833. The Balaban J connectivity index is 2.00. The summed E-state index contributed by atoms with van der Waals surface area (Å²) in [7, 11) is 0. The van der Waals surface area contributed by atoms with Crippen LogP contribution in [0.25, 0.3) is 22.3 Å². The van der Waals surface area contributed by atoms with Crippen molar-refractivity contribution in [2.45, 2.75) is 13.0 Å². The lowest BCUT2D eigenvalue weighted by atomic mass is 9.95. The Morgan fingerprint density at radius 2 is 1.31 bits per heavy atom. The molecule has 4 N–H and O–H groups in total. The molecule has 0 aliphatic carbocycles. The molecule has 144 valence electrons. The maximum atomic E-state index is 13.6. The molecule has 4 rings (SSSR count). The second-order valence-corrected chi connectivity index (χ2v) is 6.94. The topological polar surface area (TPSA) is 86.9 Å². The zero-order chi connectivity index (χ0) is 20.4. The molecule has 5 heteroatoms. The normalized spacial score (nSPS) is 11.9. The number of para-hydroxylation sites is 2. The summed E-state index contributed by atoms with van der Waals surface area (Å²) in [5, 5.41) is 4.50. The van der Waals surface area contributed by atoms with Gasteiger partial charge < -0.3 is 11.5 Å². The highest BCUT2D eigenvalue weighted by Gasteiger charge is 2.20. The standard InChI is InChI=1S/C24H22N4O/c1-16(17-9-3-2-4-10-17)28-24(29)23(19-12-6-8-14-22(19)26)20(15-27-28)18-11-5-7-13-21(18)25/h2-16H,25-26H2,1H3. The van der Waals surface area contributed by atoms with Gasteiger partial charge in [0.2, 0.25) is 0 Å². The molecule has 0 saturated heterocycles. The number of hydrogen-bond donors (Lipinski definition) is 2. The zero-order valence-electron chi connectivity index (χ0n) is 16.1. The van der Waals surface area contributed by atoms with Gasteiger partial charge in [-0.25, -0.2) is 4.68 Å². The summed E-state index contributed by atoms with van der Waals surface area (Å²) in [5.74, 6) is 0. The van der Waals surface area contributed by atoms with E-state index in [-0.39, 0.29) is 11.6 Å². The lowest BCUT2D eigenvalue weighted by Crippen LogP contribution is -2.28. The highest BCUT2D eigenvalue weighted by molar-refractivity contribution is 5.91. The third-order valence-corrected chi connectivity index (χ3v) is 5.13. The largest absolute Gasteiger partial charge is 0.398 e. The van der Waals surface area contributed by atoms with Gasteiger partial charge in [0.1, 0.15) is 0 Å². The molecule has 0 aliphatic rings. The molecule has 3 aromatic carbocycles. The van der Waals surface area contributed by atoms with E-state index >= 15 is 0 Å². The van der Waals surface area contributed by atoms with Crippen molar-refractivity contribution in [2.75, 3.05) is 11.5 Å². The van der Waals surface area contributed by atoms with E-state index in [1.54, 1.807) is 12.3 Å². The Hall–Kier alpha value is -3.86. The summed E-state index contributed by atoms with van der Waals surface area (Å²) >= 11 is 0. The van der Waals surface area contributed by atoms with E-state index in [1.165, 1.54) is 4.68 Å². The Labute approximate surface area is 169 Å². The molecule has 1 unspecified atom stereocenters. The minimum atomic E-state index is -0.227. The molecule has 5 nitrogen and oxygen atoms in total. The van der Waals surface area contributed by atoms with Gasteiger partial charge >= 0.3 is 0 Å². The molecule has 1 aromatic heterocycles. The Kier molecular flexibility index (Phi) is 4.87. The maximum Gasteiger partial charge on any atom is 0.275 e. The summed E-state index contributed by atoms with van der Waals surface area (Å²) in [6.45, 7) is 1.96. The molecular weight excluding hydrogens is 360 g/mol. The lowest BCUT2D eigenvalue weighted by Gasteiger charge is -2.19. The van der Waals surface area contributed by atoms with Crippen molar-refractivity contribution in [1.29, 1.82) is 0 Å². The van der Waals surface area contributed by atoms with Crippen molar-refractivity contribution < 1.29 is 0 Å². The van der Waals surface area contributed by atoms with Crippen LogP contribution in [-0.2, 0) is 0 Å². The first-order valence-corrected chi connectivity index (χ1v) is 9.44.